The van der Waals surface area contributed by atoms with E-state index >= 15 is 0 Å². The summed E-state index contributed by atoms with van der Waals surface area (Å²) in [5.74, 6) is 0.209. The van der Waals surface area contributed by atoms with Crippen LogP contribution in [0, 0.1) is 13.8 Å². The molecule has 1 atom stereocenters. The second kappa shape index (κ2) is 10.4. The molecule has 3 aromatic rings. The van der Waals surface area contributed by atoms with Crippen molar-refractivity contribution in [3.8, 4) is 5.75 Å². The first kappa shape index (κ1) is 26.1. The quantitative estimate of drug-likeness (QED) is 0.397. The number of rotatable bonds is 8. The van der Waals surface area contributed by atoms with Crippen LogP contribution >= 0.6 is 0 Å². The van der Waals surface area contributed by atoms with Crippen molar-refractivity contribution in [3.05, 3.63) is 83.4 Å². The van der Waals surface area contributed by atoms with Crippen molar-refractivity contribution >= 4 is 27.3 Å². The second-order valence-electron chi connectivity index (χ2n) is 7.98. The highest BCUT2D eigenvalue weighted by molar-refractivity contribution is 7.92. The molecule has 0 radical (unpaired) electrons. The van der Waals surface area contributed by atoms with E-state index in [0.29, 0.717) is 23.9 Å². The van der Waals surface area contributed by atoms with Gasteiger partial charge in [0.2, 0.25) is 0 Å². The first-order valence-electron chi connectivity index (χ1n) is 10.7. The van der Waals surface area contributed by atoms with Crippen LogP contribution in [-0.4, -0.2) is 20.4 Å². The summed E-state index contributed by atoms with van der Waals surface area (Å²) in [6.07, 6.45) is -4.95. The van der Waals surface area contributed by atoms with Gasteiger partial charge in [0.1, 0.15) is 5.75 Å². The van der Waals surface area contributed by atoms with E-state index in [0.717, 1.165) is 23.3 Å². The molecule has 6 nitrogen and oxygen atoms in total. The van der Waals surface area contributed by atoms with Crippen LogP contribution in [0.3, 0.4) is 0 Å². The Labute approximate surface area is 202 Å². The fourth-order valence-electron chi connectivity index (χ4n) is 3.22. The number of carbonyl (C=O) groups excluding carboxylic acids is 1. The van der Waals surface area contributed by atoms with Crippen molar-refractivity contribution in [1.82, 2.24) is 0 Å². The highest BCUT2D eigenvalue weighted by Gasteiger charge is 2.30. The number of sulfonamides is 1. The zero-order valence-corrected chi connectivity index (χ0v) is 20.1. The number of alkyl halides is 3. The Hall–Kier alpha value is -3.53. The summed E-state index contributed by atoms with van der Waals surface area (Å²) in [6, 6.07) is 14.9. The number of ether oxygens (including phenoxy) is 1. The van der Waals surface area contributed by atoms with Gasteiger partial charge in [0, 0.05) is 11.4 Å². The van der Waals surface area contributed by atoms with Crippen LogP contribution in [0.2, 0.25) is 0 Å². The van der Waals surface area contributed by atoms with Gasteiger partial charge in [-0.25, -0.2) is 8.42 Å². The van der Waals surface area contributed by atoms with E-state index in [2.05, 4.69) is 10.0 Å². The summed E-state index contributed by atoms with van der Waals surface area (Å²) in [4.78, 5) is 12.5. The highest BCUT2D eigenvalue weighted by atomic mass is 32.2. The predicted octanol–water partition coefficient (Wildman–Crippen LogP) is 5.92. The molecule has 0 heterocycles. The van der Waals surface area contributed by atoms with Gasteiger partial charge in [0.05, 0.1) is 10.5 Å². The van der Waals surface area contributed by atoms with Crippen LogP contribution in [0.25, 0.3) is 0 Å². The molecule has 35 heavy (non-hydrogen) atoms. The molecule has 10 heteroatoms. The van der Waals surface area contributed by atoms with E-state index in [1.807, 2.05) is 39.0 Å². The summed E-state index contributed by atoms with van der Waals surface area (Å²) in [5.41, 5.74) is 1.05. The van der Waals surface area contributed by atoms with Gasteiger partial charge >= 0.3 is 6.18 Å². The third-order valence-corrected chi connectivity index (χ3v) is 6.55. The van der Waals surface area contributed by atoms with Gasteiger partial charge in [-0.3, -0.25) is 9.52 Å². The lowest BCUT2D eigenvalue weighted by Crippen LogP contribution is -2.32. The van der Waals surface area contributed by atoms with E-state index in [9.17, 15) is 26.4 Å². The number of anilines is 2. The number of hydrogen-bond donors (Lipinski definition) is 2. The fourth-order valence-corrected chi connectivity index (χ4v) is 4.27. The molecular weight excluding hydrogens is 481 g/mol. The van der Waals surface area contributed by atoms with Gasteiger partial charge < -0.3 is 10.1 Å². The molecule has 1 unspecified atom stereocenters. The first-order chi connectivity index (χ1) is 16.4. The van der Waals surface area contributed by atoms with E-state index in [-0.39, 0.29) is 10.6 Å². The SMILES string of the molecule is CCC(Oc1cc(C)ccc1C)C(=O)Nc1ccc(S(=O)(=O)Nc2cccc(C(F)(F)F)c2)cc1. The molecule has 0 aliphatic carbocycles. The fraction of sp³-hybridized carbons (Fsp3) is 0.240. The molecule has 0 aliphatic rings. The number of aryl methyl sites for hydroxylation is 2. The summed E-state index contributed by atoms with van der Waals surface area (Å²) in [6.45, 7) is 5.61. The Balaban J connectivity index is 1.70. The molecule has 0 bridgehead atoms. The second-order valence-corrected chi connectivity index (χ2v) is 9.66. The molecule has 0 spiro atoms. The van der Waals surface area contributed by atoms with Crippen LogP contribution < -0.4 is 14.8 Å². The van der Waals surface area contributed by atoms with Crippen molar-refractivity contribution in [1.29, 1.82) is 0 Å². The summed E-state index contributed by atoms with van der Waals surface area (Å²) >= 11 is 0. The van der Waals surface area contributed by atoms with Gasteiger partial charge in [0.25, 0.3) is 15.9 Å². The lowest BCUT2D eigenvalue weighted by molar-refractivity contribution is -0.137. The Bertz CT molecular complexity index is 1310. The minimum atomic E-state index is -4.60. The Morgan fingerprint density at radius 1 is 0.971 bits per heavy atom. The minimum absolute atomic E-state index is 0.174. The molecule has 3 rings (SSSR count). The highest BCUT2D eigenvalue weighted by Crippen LogP contribution is 2.31. The van der Waals surface area contributed by atoms with Crippen molar-refractivity contribution in [3.63, 3.8) is 0 Å². The maximum atomic E-state index is 12.9. The van der Waals surface area contributed by atoms with Gasteiger partial charge in [0.15, 0.2) is 6.10 Å². The predicted molar refractivity (Wildman–Crippen MR) is 128 cm³/mol. The van der Waals surface area contributed by atoms with Gasteiger partial charge in [-0.1, -0.05) is 25.1 Å². The maximum Gasteiger partial charge on any atom is 0.416 e. The molecular formula is C25H25F3N2O4S. The number of nitrogens with one attached hydrogen (secondary N) is 2. The summed E-state index contributed by atoms with van der Waals surface area (Å²) in [7, 11) is -4.15. The topological polar surface area (TPSA) is 84.5 Å². The zero-order valence-electron chi connectivity index (χ0n) is 19.3. The van der Waals surface area contributed by atoms with Crippen molar-refractivity contribution in [2.24, 2.45) is 0 Å². The molecule has 186 valence electrons. The molecule has 3 aromatic carbocycles. The van der Waals surface area contributed by atoms with E-state index in [1.54, 1.807) is 0 Å². The molecule has 0 saturated carbocycles. The van der Waals surface area contributed by atoms with Crippen LogP contribution in [0.15, 0.2) is 71.6 Å². The third kappa shape index (κ3) is 6.75. The lowest BCUT2D eigenvalue weighted by atomic mass is 10.1. The monoisotopic (exact) mass is 506 g/mol. The summed E-state index contributed by atoms with van der Waals surface area (Å²) < 4.78 is 71.9. The van der Waals surface area contributed by atoms with Crippen LogP contribution in [0.4, 0.5) is 24.5 Å². The van der Waals surface area contributed by atoms with E-state index in [1.165, 1.54) is 30.3 Å². The average Bonchev–Trinajstić information content (AvgIpc) is 2.79. The Kier molecular flexibility index (Phi) is 7.74. The van der Waals surface area contributed by atoms with Gasteiger partial charge in [-0.05, 0) is 79.9 Å². The zero-order chi connectivity index (χ0) is 25.8. The first-order valence-corrected chi connectivity index (χ1v) is 12.2. The summed E-state index contributed by atoms with van der Waals surface area (Å²) in [5, 5.41) is 2.70. The molecule has 2 N–H and O–H groups in total. The Morgan fingerprint density at radius 3 is 2.29 bits per heavy atom. The largest absolute Gasteiger partial charge is 0.480 e. The molecule has 0 aromatic heterocycles. The number of benzene rings is 3. The molecule has 0 saturated heterocycles. The Morgan fingerprint density at radius 2 is 1.66 bits per heavy atom. The van der Waals surface area contributed by atoms with Gasteiger partial charge in [-0.2, -0.15) is 13.2 Å². The number of halogens is 3. The van der Waals surface area contributed by atoms with Crippen LogP contribution in [0.5, 0.6) is 5.75 Å². The third-order valence-electron chi connectivity index (χ3n) is 5.15. The molecule has 0 aliphatic heterocycles. The number of amides is 1. The van der Waals surface area contributed by atoms with E-state index < -0.39 is 33.8 Å². The van der Waals surface area contributed by atoms with Crippen molar-refractivity contribution < 1.29 is 31.1 Å². The lowest BCUT2D eigenvalue weighted by Gasteiger charge is -2.19. The van der Waals surface area contributed by atoms with Crippen LogP contribution in [0.1, 0.15) is 30.0 Å². The van der Waals surface area contributed by atoms with Gasteiger partial charge in [-0.15, -0.1) is 0 Å². The minimum Gasteiger partial charge on any atom is -0.480 e. The molecule has 0 fully saturated rings. The number of carbonyl (C=O) groups is 1. The van der Waals surface area contributed by atoms with Crippen LogP contribution in [-0.2, 0) is 21.0 Å². The normalized spacial score (nSPS) is 12.6. The average molecular weight is 507 g/mol. The number of hydrogen-bond acceptors (Lipinski definition) is 4. The maximum absolute atomic E-state index is 12.9. The van der Waals surface area contributed by atoms with E-state index in [4.69, 9.17) is 4.74 Å². The van der Waals surface area contributed by atoms with Crippen molar-refractivity contribution in [2.45, 2.75) is 44.4 Å². The van der Waals surface area contributed by atoms with Crippen molar-refractivity contribution in [2.75, 3.05) is 10.0 Å². The molecule has 1 amide bonds. The standard InChI is InChI=1S/C25H25F3N2O4S/c1-4-22(34-23-14-16(2)8-9-17(23)3)24(31)29-19-10-12-21(13-11-19)35(32,33)30-20-7-5-6-18(15-20)25(26,27)28/h5-15,22,30H,4H2,1-3H3,(H,29,31). The smallest absolute Gasteiger partial charge is 0.416 e.